The van der Waals surface area contributed by atoms with Gasteiger partial charge in [-0.05, 0) is 24.3 Å². The number of hydrogen-bond donors (Lipinski definition) is 2. The summed E-state index contributed by atoms with van der Waals surface area (Å²) in [6.07, 6.45) is 0.556. The Bertz CT molecular complexity index is 635. The van der Waals surface area contributed by atoms with Crippen molar-refractivity contribution in [1.82, 2.24) is 9.97 Å². The van der Waals surface area contributed by atoms with Gasteiger partial charge in [0.2, 0.25) is 0 Å². The van der Waals surface area contributed by atoms with Gasteiger partial charge >= 0.3 is 5.97 Å². The maximum Gasteiger partial charge on any atom is 0.322 e. The molecule has 0 saturated carbocycles. The first-order valence-corrected chi connectivity index (χ1v) is 7.69. The summed E-state index contributed by atoms with van der Waals surface area (Å²) in [6.45, 7) is 0. The van der Waals surface area contributed by atoms with E-state index in [4.69, 9.17) is 11.5 Å². The van der Waals surface area contributed by atoms with Gasteiger partial charge in [-0.1, -0.05) is 12.1 Å². The van der Waals surface area contributed by atoms with E-state index in [2.05, 4.69) is 14.7 Å². The van der Waals surface area contributed by atoms with Crippen LogP contribution in [-0.4, -0.2) is 34.8 Å². The van der Waals surface area contributed by atoms with Crippen LogP contribution in [0.2, 0.25) is 0 Å². The number of carbonyl (C=O) groups excluding carboxylic acids is 1. The lowest BCUT2D eigenvalue weighted by Crippen LogP contribution is -2.31. The molecule has 0 aliphatic carbocycles. The molecule has 0 amide bonds. The Labute approximate surface area is 127 Å². The number of benzene rings is 1. The Balaban J connectivity index is 1.91. The number of para-hydroxylation sites is 1. The van der Waals surface area contributed by atoms with E-state index in [1.807, 2.05) is 24.3 Å². The molecule has 1 aromatic carbocycles. The summed E-state index contributed by atoms with van der Waals surface area (Å²) < 4.78 is 4.58. The van der Waals surface area contributed by atoms with Gasteiger partial charge < -0.3 is 16.2 Å². The summed E-state index contributed by atoms with van der Waals surface area (Å²) in [5, 5.41) is 0.860. The van der Waals surface area contributed by atoms with Gasteiger partial charge in [0.25, 0.3) is 0 Å². The van der Waals surface area contributed by atoms with Crippen LogP contribution in [-0.2, 0) is 15.3 Å². The fourth-order valence-electron chi connectivity index (χ4n) is 1.86. The Hall–Kier alpha value is -1.86. The monoisotopic (exact) mass is 306 g/mol. The maximum atomic E-state index is 11.2. The van der Waals surface area contributed by atoms with Crippen LogP contribution in [0.3, 0.4) is 0 Å². The molecule has 0 saturated heterocycles. The number of ether oxygens (including phenoxy) is 1. The molecule has 4 N–H and O–H groups in total. The van der Waals surface area contributed by atoms with Crippen LogP contribution in [0.5, 0.6) is 0 Å². The molecule has 6 nitrogen and oxygen atoms in total. The third-order valence-electron chi connectivity index (χ3n) is 2.99. The highest BCUT2D eigenvalue weighted by Crippen LogP contribution is 2.19. The summed E-state index contributed by atoms with van der Waals surface area (Å²) >= 11 is 1.61. The summed E-state index contributed by atoms with van der Waals surface area (Å²) in [5.41, 5.74) is 12.4. The molecule has 0 aliphatic rings. The molecule has 0 fully saturated rings. The van der Waals surface area contributed by atoms with Gasteiger partial charge in [-0.3, -0.25) is 4.79 Å². The zero-order valence-corrected chi connectivity index (χ0v) is 12.6. The van der Waals surface area contributed by atoms with Crippen LogP contribution in [0, 0.1) is 0 Å². The summed E-state index contributed by atoms with van der Waals surface area (Å²) in [4.78, 5) is 19.9. The van der Waals surface area contributed by atoms with Crippen LogP contribution in [0.1, 0.15) is 12.2 Å². The van der Waals surface area contributed by atoms with Gasteiger partial charge in [0, 0.05) is 5.39 Å². The minimum Gasteiger partial charge on any atom is -0.468 e. The fraction of sp³-hybridized carbons (Fsp3) is 0.357. The van der Waals surface area contributed by atoms with Crippen LogP contribution < -0.4 is 11.5 Å². The van der Waals surface area contributed by atoms with Crippen LogP contribution in [0.25, 0.3) is 10.9 Å². The molecule has 0 spiro atoms. The van der Waals surface area contributed by atoms with Gasteiger partial charge in [0.05, 0.1) is 18.4 Å². The molecular formula is C14H18N4O2S. The molecule has 1 unspecified atom stereocenters. The van der Waals surface area contributed by atoms with Crippen LogP contribution in [0.4, 0.5) is 5.82 Å². The molecule has 1 atom stereocenters. The molecule has 7 heteroatoms. The molecule has 0 bridgehead atoms. The van der Waals surface area contributed by atoms with Gasteiger partial charge in [0.15, 0.2) is 0 Å². The molecule has 21 heavy (non-hydrogen) atoms. The zero-order chi connectivity index (χ0) is 15.2. The number of rotatable bonds is 6. The number of thioether (sulfide) groups is 1. The predicted molar refractivity (Wildman–Crippen MR) is 84.7 cm³/mol. The number of nitrogens with two attached hydrogens (primary N) is 2. The third kappa shape index (κ3) is 4.05. The number of nitrogen functional groups attached to an aromatic ring is 1. The minimum absolute atomic E-state index is 0.387. The number of aromatic nitrogens is 2. The smallest absolute Gasteiger partial charge is 0.322 e. The number of anilines is 1. The van der Waals surface area contributed by atoms with Gasteiger partial charge in [-0.2, -0.15) is 11.8 Å². The Kier molecular flexibility index (Phi) is 5.35. The van der Waals surface area contributed by atoms with E-state index in [9.17, 15) is 4.79 Å². The number of esters is 1. The summed E-state index contributed by atoms with van der Waals surface area (Å²) in [5.74, 6) is 2.14. The van der Waals surface area contributed by atoms with Crippen molar-refractivity contribution in [2.45, 2.75) is 18.2 Å². The van der Waals surface area contributed by atoms with Crippen molar-refractivity contribution in [1.29, 1.82) is 0 Å². The molecule has 0 radical (unpaired) electrons. The van der Waals surface area contributed by atoms with E-state index in [0.29, 0.717) is 23.8 Å². The zero-order valence-electron chi connectivity index (χ0n) is 11.8. The minimum atomic E-state index is -0.579. The normalized spacial score (nSPS) is 12.3. The first kappa shape index (κ1) is 15.5. The highest BCUT2D eigenvalue weighted by Gasteiger charge is 2.13. The highest BCUT2D eigenvalue weighted by molar-refractivity contribution is 7.98. The van der Waals surface area contributed by atoms with E-state index in [1.54, 1.807) is 11.8 Å². The summed E-state index contributed by atoms with van der Waals surface area (Å²) in [7, 11) is 1.33. The Morgan fingerprint density at radius 1 is 1.38 bits per heavy atom. The van der Waals surface area contributed by atoms with E-state index < -0.39 is 6.04 Å². The standard InChI is InChI=1S/C14H18N4O2S/c1-20-14(19)10(15)6-7-21-8-12-17-11-5-3-2-4-9(11)13(16)18-12/h2-5,10H,6-8,15H2,1H3,(H2,16,17,18). The van der Waals surface area contributed by atoms with E-state index in [0.717, 1.165) is 16.7 Å². The first-order chi connectivity index (χ1) is 10.1. The number of fused-ring (bicyclic) bond motifs is 1. The Morgan fingerprint density at radius 3 is 2.90 bits per heavy atom. The average molecular weight is 306 g/mol. The van der Waals surface area contributed by atoms with E-state index in [-0.39, 0.29) is 5.97 Å². The highest BCUT2D eigenvalue weighted by atomic mass is 32.2. The van der Waals surface area contributed by atoms with Crippen molar-refractivity contribution < 1.29 is 9.53 Å². The topological polar surface area (TPSA) is 104 Å². The van der Waals surface area contributed by atoms with E-state index in [1.165, 1.54) is 7.11 Å². The average Bonchev–Trinajstić information content (AvgIpc) is 2.50. The number of carbonyl (C=O) groups is 1. The fourth-order valence-corrected chi connectivity index (χ4v) is 2.74. The third-order valence-corrected chi connectivity index (χ3v) is 3.97. The van der Waals surface area contributed by atoms with Crippen LogP contribution >= 0.6 is 11.8 Å². The van der Waals surface area contributed by atoms with Crippen molar-refractivity contribution in [3.05, 3.63) is 30.1 Å². The first-order valence-electron chi connectivity index (χ1n) is 6.54. The second-order valence-corrected chi connectivity index (χ2v) is 5.62. The second-order valence-electron chi connectivity index (χ2n) is 4.51. The van der Waals surface area contributed by atoms with Crippen molar-refractivity contribution in [3.63, 3.8) is 0 Å². The van der Waals surface area contributed by atoms with Crippen molar-refractivity contribution in [2.24, 2.45) is 5.73 Å². The SMILES string of the molecule is COC(=O)C(N)CCSCc1nc(N)c2ccccc2n1. The molecule has 2 aromatic rings. The quantitative estimate of drug-likeness (QED) is 0.613. The molecule has 1 heterocycles. The molecule has 112 valence electrons. The lowest BCUT2D eigenvalue weighted by atomic mass is 10.2. The molecule has 2 rings (SSSR count). The van der Waals surface area contributed by atoms with Gasteiger partial charge in [-0.15, -0.1) is 0 Å². The lowest BCUT2D eigenvalue weighted by Gasteiger charge is -2.08. The number of methoxy groups -OCH3 is 1. The van der Waals surface area contributed by atoms with Crippen molar-refractivity contribution in [3.8, 4) is 0 Å². The molecule has 0 aliphatic heterocycles. The lowest BCUT2D eigenvalue weighted by molar-refractivity contribution is -0.142. The largest absolute Gasteiger partial charge is 0.468 e. The van der Waals surface area contributed by atoms with Crippen molar-refractivity contribution in [2.75, 3.05) is 18.6 Å². The van der Waals surface area contributed by atoms with Gasteiger partial charge in [-0.25, -0.2) is 9.97 Å². The van der Waals surface area contributed by atoms with Gasteiger partial charge in [0.1, 0.15) is 17.7 Å². The second kappa shape index (κ2) is 7.24. The number of nitrogens with zero attached hydrogens (tertiary/aromatic N) is 2. The van der Waals surface area contributed by atoms with Crippen molar-refractivity contribution >= 4 is 34.5 Å². The predicted octanol–water partition coefficient (Wildman–Crippen LogP) is 1.34. The Morgan fingerprint density at radius 2 is 2.14 bits per heavy atom. The maximum absolute atomic E-state index is 11.2. The van der Waals surface area contributed by atoms with E-state index >= 15 is 0 Å². The molecule has 1 aromatic heterocycles. The molecular weight excluding hydrogens is 288 g/mol. The number of hydrogen-bond acceptors (Lipinski definition) is 7. The summed E-state index contributed by atoms with van der Waals surface area (Å²) in [6, 6.07) is 7.06. The van der Waals surface area contributed by atoms with Crippen LogP contribution in [0.15, 0.2) is 24.3 Å².